The quantitative estimate of drug-likeness (QED) is 0.282. The number of nitro benzene ring substituents is 1. The van der Waals surface area contributed by atoms with Crippen LogP contribution >= 0.6 is 0 Å². The average molecular weight is 304 g/mol. The lowest BCUT2D eigenvalue weighted by Gasteiger charge is -2.42. The van der Waals surface area contributed by atoms with E-state index in [0.29, 0.717) is 17.1 Å². The third kappa shape index (κ3) is 2.84. The monoisotopic (exact) mass is 304 g/mol. The summed E-state index contributed by atoms with van der Waals surface area (Å²) in [5, 5.41) is 33.0. The van der Waals surface area contributed by atoms with Gasteiger partial charge < -0.3 is 15.2 Å². The fourth-order valence-electron chi connectivity index (χ4n) is 2.39. The molecule has 0 bridgehead atoms. The fourth-order valence-corrected chi connectivity index (χ4v) is 2.39. The topological polar surface area (TPSA) is 121 Å². The van der Waals surface area contributed by atoms with Crippen molar-refractivity contribution in [1.82, 2.24) is 5.32 Å². The van der Waals surface area contributed by atoms with Crippen molar-refractivity contribution in [3.05, 3.63) is 33.9 Å². The van der Waals surface area contributed by atoms with E-state index >= 15 is 0 Å². The molecule has 0 saturated heterocycles. The summed E-state index contributed by atoms with van der Waals surface area (Å²) in [7, 11) is 0. The number of nitrogens with zero attached hydrogens (tertiary/aromatic N) is 3. The SMILES string of the molecule is C/C(=N\C#N)N[C@H]1c2cc([N+](=O)[O-])ccc2OC(C)(C)[C@@H]1O. The molecule has 1 heterocycles. The molecule has 0 aromatic heterocycles. The second kappa shape index (κ2) is 5.61. The maximum atomic E-state index is 10.9. The van der Waals surface area contributed by atoms with Crippen LogP contribution in [0.5, 0.6) is 5.75 Å². The zero-order valence-electron chi connectivity index (χ0n) is 12.4. The van der Waals surface area contributed by atoms with Crippen LogP contribution in [0, 0.1) is 21.6 Å². The third-order valence-electron chi connectivity index (χ3n) is 3.52. The number of aliphatic hydroxyl groups is 1. The number of nitriles is 1. The lowest BCUT2D eigenvalue weighted by Crippen LogP contribution is -2.53. The molecule has 116 valence electrons. The fraction of sp³-hybridized carbons (Fsp3) is 0.429. The van der Waals surface area contributed by atoms with Crippen LogP contribution in [-0.4, -0.2) is 27.6 Å². The van der Waals surface area contributed by atoms with Crippen LogP contribution in [0.2, 0.25) is 0 Å². The molecule has 1 aliphatic heterocycles. The molecule has 1 aromatic carbocycles. The van der Waals surface area contributed by atoms with E-state index in [1.54, 1.807) is 27.0 Å². The van der Waals surface area contributed by atoms with Crippen LogP contribution in [-0.2, 0) is 0 Å². The second-order valence-corrected chi connectivity index (χ2v) is 5.55. The van der Waals surface area contributed by atoms with Gasteiger partial charge in [0.2, 0.25) is 6.19 Å². The van der Waals surface area contributed by atoms with E-state index in [1.807, 2.05) is 0 Å². The molecule has 0 aliphatic carbocycles. The highest BCUT2D eigenvalue weighted by Gasteiger charge is 2.43. The van der Waals surface area contributed by atoms with Crippen LogP contribution in [0.1, 0.15) is 32.4 Å². The Hall–Kier alpha value is -2.66. The second-order valence-electron chi connectivity index (χ2n) is 5.55. The largest absolute Gasteiger partial charge is 0.485 e. The highest BCUT2D eigenvalue weighted by atomic mass is 16.6. The molecule has 0 saturated carbocycles. The number of amidine groups is 1. The van der Waals surface area contributed by atoms with Gasteiger partial charge in [0.05, 0.1) is 11.0 Å². The van der Waals surface area contributed by atoms with E-state index < -0.39 is 22.7 Å². The Kier molecular flexibility index (Phi) is 4.01. The predicted octanol–water partition coefficient (Wildman–Crippen LogP) is 1.66. The zero-order valence-corrected chi connectivity index (χ0v) is 12.4. The maximum absolute atomic E-state index is 10.9. The Labute approximate surface area is 127 Å². The van der Waals surface area contributed by atoms with Crippen LogP contribution < -0.4 is 10.1 Å². The average Bonchev–Trinajstić information content (AvgIpc) is 2.43. The van der Waals surface area contributed by atoms with Crippen LogP contribution in [0.25, 0.3) is 0 Å². The van der Waals surface area contributed by atoms with Crippen molar-refractivity contribution in [3.8, 4) is 11.9 Å². The van der Waals surface area contributed by atoms with Crippen molar-refractivity contribution in [2.45, 2.75) is 38.5 Å². The van der Waals surface area contributed by atoms with E-state index in [0.717, 1.165) is 0 Å². The van der Waals surface area contributed by atoms with E-state index in [4.69, 9.17) is 10.00 Å². The third-order valence-corrected chi connectivity index (χ3v) is 3.52. The van der Waals surface area contributed by atoms with Gasteiger partial charge in [-0.25, -0.2) is 0 Å². The number of aliphatic imine (C=N–C) groups is 1. The molecule has 2 atom stereocenters. The molecule has 22 heavy (non-hydrogen) atoms. The summed E-state index contributed by atoms with van der Waals surface area (Å²) in [4.78, 5) is 14.0. The first-order valence-corrected chi connectivity index (χ1v) is 6.61. The summed E-state index contributed by atoms with van der Waals surface area (Å²) < 4.78 is 5.72. The van der Waals surface area contributed by atoms with Gasteiger partial charge in [0, 0.05) is 17.7 Å². The van der Waals surface area contributed by atoms with Crippen molar-refractivity contribution in [2.75, 3.05) is 0 Å². The number of aliphatic hydroxyl groups excluding tert-OH is 1. The number of nitrogens with one attached hydrogen (secondary N) is 1. The number of non-ortho nitro benzene ring substituents is 1. The molecule has 1 aromatic rings. The Bertz CT molecular complexity index is 678. The summed E-state index contributed by atoms with van der Waals surface area (Å²) in [5.41, 5.74) is -0.544. The Morgan fingerprint density at radius 2 is 2.27 bits per heavy atom. The highest BCUT2D eigenvalue weighted by molar-refractivity contribution is 5.81. The smallest absolute Gasteiger partial charge is 0.270 e. The number of rotatable bonds is 2. The number of fused-ring (bicyclic) bond motifs is 1. The van der Waals surface area contributed by atoms with E-state index in [2.05, 4.69) is 10.3 Å². The normalized spacial score (nSPS) is 23.0. The van der Waals surface area contributed by atoms with Crippen molar-refractivity contribution < 1.29 is 14.8 Å². The van der Waals surface area contributed by atoms with Crippen molar-refractivity contribution in [2.24, 2.45) is 4.99 Å². The van der Waals surface area contributed by atoms with Crippen molar-refractivity contribution in [3.63, 3.8) is 0 Å². The van der Waals surface area contributed by atoms with Gasteiger partial charge in [-0.05, 0) is 26.8 Å². The van der Waals surface area contributed by atoms with E-state index in [-0.39, 0.29) is 5.69 Å². The number of nitro groups is 1. The molecular weight excluding hydrogens is 288 g/mol. The molecule has 1 aliphatic rings. The summed E-state index contributed by atoms with van der Waals surface area (Å²) in [6.45, 7) is 5.01. The molecule has 2 N–H and O–H groups in total. The van der Waals surface area contributed by atoms with Crippen molar-refractivity contribution in [1.29, 1.82) is 5.26 Å². The minimum Gasteiger partial charge on any atom is -0.485 e. The van der Waals surface area contributed by atoms with E-state index in [1.165, 1.54) is 18.2 Å². The molecule has 0 amide bonds. The zero-order chi connectivity index (χ0) is 16.5. The molecule has 2 rings (SSSR count). The van der Waals surface area contributed by atoms with Crippen LogP contribution in [0.3, 0.4) is 0 Å². The Morgan fingerprint density at radius 3 is 2.86 bits per heavy atom. The summed E-state index contributed by atoms with van der Waals surface area (Å²) in [6, 6.07) is 3.54. The van der Waals surface area contributed by atoms with Gasteiger partial charge in [0.1, 0.15) is 23.3 Å². The Morgan fingerprint density at radius 1 is 1.59 bits per heavy atom. The standard InChI is InChI=1S/C14H16N4O4/c1-8(16-7-15)17-12-10-6-9(18(20)21)4-5-11(10)22-14(2,3)13(12)19/h4-6,12-13,19H,1-3H3,(H,16,17)/t12-,13+/m0/s1. The molecule has 0 fully saturated rings. The molecule has 0 unspecified atom stereocenters. The van der Waals surface area contributed by atoms with Crippen LogP contribution in [0.4, 0.5) is 5.69 Å². The molecule has 8 heteroatoms. The molecular formula is C14H16N4O4. The number of hydrogen-bond acceptors (Lipinski definition) is 6. The van der Waals surface area contributed by atoms with E-state index in [9.17, 15) is 15.2 Å². The number of hydrogen-bond donors (Lipinski definition) is 2. The molecule has 8 nitrogen and oxygen atoms in total. The lowest BCUT2D eigenvalue weighted by atomic mass is 9.86. The first-order chi connectivity index (χ1) is 10.3. The van der Waals surface area contributed by atoms with Gasteiger partial charge in [0.15, 0.2) is 0 Å². The highest BCUT2D eigenvalue weighted by Crippen LogP contribution is 2.41. The van der Waals surface area contributed by atoms with Gasteiger partial charge in [-0.2, -0.15) is 10.3 Å². The van der Waals surface area contributed by atoms with Gasteiger partial charge in [-0.15, -0.1) is 0 Å². The molecule has 0 radical (unpaired) electrons. The van der Waals surface area contributed by atoms with Gasteiger partial charge >= 0.3 is 0 Å². The lowest BCUT2D eigenvalue weighted by molar-refractivity contribution is -0.385. The number of benzene rings is 1. The minimum absolute atomic E-state index is 0.101. The number of ether oxygens (including phenoxy) is 1. The van der Waals surface area contributed by atoms with Gasteiger partial charge in [-0.1, -0.05) is 0 Å². The Balaban J connectivity index is 2.51. The molecule has 0 spiro atoms. The van der Waals surface area contributed by atoms with Gasteiger partial charge in [-0.3, -0.25) is 10.1 Å². The van der Waals surface area contributed by atoms with Crippen molar-refractivity contribution >= 4 is 11.5 Å². The summed E-state index contributed by atoms with van der Waals surface area (Å²) in [5.74, 6) is 0.755. The maximum Gasteiger partial charge on any atom is 0.270 e. The van der Waals surface area contributed by atoms with Crippen LogP contribution in [0.15, 0.2) is 23.2 Å². The summed E-state index contributed by atoms with van der Waals surface area (Å²) >= 11 is 0. The first-order valence-electron chi connectivity index (χ1n) is 6.61. The summed E-state index contributed by atoms with van der Waals surface area (Å²) in [6.07, 6.45) is 0.670. The first kappa shape index (κ1) is 15.7. The predicted molar refractivity (Wildman–Crippen MR) is 78.4 cm³/mol. The minimum atomic E-state index is -0.981. The van der Waals surface area contributed by atoms with Gasteiger partial charge in [0.25, 0.3) is 5.69 Å².